The van der Waals surface area contributed by atoms with E-state index in [1.807, 2.05) is 12.1 Å². The SMILES string of the molecule is Cc1nn(C)c(Nc2cc(Br)ccc2Cl)c1C#N. The van der Waals surface area contributed by atoms with E-state index in [1.165, 1.54) is 0 Å². The van der Waals surface area contributed by atoms with Crippen LogP contribution in [0.15, 0.2) is 22.7 Å². The van der Waals surface area contributed by atoms with Gasteiger partial charge in [0.2, 0.25) is 0 Å². The number of aryl methyl sites for hydroxylation is 2. The van der Waals surface area contributed by atoms with Crippen LogP contribution in [0, 0.1) is 18.3 Å². The number of anilines is 2. The molecule has 0 spiro atoms. The van der Waals surface area contributed by atoms with Crippen molar-refractivity contribution in [2.24, 2.45) is 7.05 Å². The lowest BCUT2D eigenvalue weighted by atomic mass is 10.2. The molecule has 2 aromatic rings. The van der Waals surface area contributed by atoms with Crippen LogP contribution in [0.5, 0.6) is 0 Å². The molecule has 0 amide bonds. The van der Waals surface area contributed by atoms with Crippen LogP contribution < -0.4 is 5.32 Å². The third-order valence-electron chi connectivity index (χ3n) is 2.52. The van der Waals surface area contributed by atoms with Crippen molar-refractivity contribution in [1.29, 1.82) is 5.26 Å². The van der Waals surface area contributed by atoms with Crippen LogP contribution in [0.2, 0.25) is 5.02 Å². The number of aromatic nitrogens is 2. The molecule has 0 fully saturated rings. The molecule has 0 unspecified atom stereocenters. The smallest absolute Gasteiger partial charge is 0.146 e. The van der Waals surface area contributed by atoms with Crippen molar-refractivity contribution >= 4 is 39.0 Å². The van der Waals surface area contributed by atoms with Crippen LogP contribution in [0.4, 0.5) is 11.5 Å². The fraction of sp³-hybridized carbons (Fsp3) is 0.167. The quantitative estimate of drug-likeness (QED) is 0.914. The third-order valence-corrected chi connectivity index (χ3v) is 3.34. The van der Waals surface area contributed by atoms with Gasteiger partial charge in [-0.1, -0.05) is 27.5 Å². The number of halogens is 2. The van der Waals surface area contributed by atoms with E-state index in [9.17, 15) is 0 Å². The minimum Gasteiger partial charge on any atom is -0.338 e. The summed E-state index contributed by atoms with van der Waals surface area (Å²) in [6, 6.07) is 7.63. The lowest BCUT2D eigenvalue weighted by Crippen LogP contribution is -2.00. The Morgan fingerprint density at radius 1 is 1.50 bits per heavy atom. The van der Waals surface area contributed by atoms with Crippen molar-refractivity contribution in [2.75, 3.05) is 5.32 Å². The highest BCUT2D eigenvalue weighted by molar-refractivity contribution is 9.10. The van der Waals surface area contributed by atoms with E-state index in [1.54, 1.807) is 24.7 Å². The Morgan fingerprint density at radius 2 is 2.22 bits per heavy atom. The molecule has 2 rings (SSSR count). The summed E-state index contributed by atoms with van der Waals surface area (Å²) in [5.74, 6) is 0.634. The van der Waals surface area contributed by atoms with Gasteiger partial charge in [-0.25, -0.2) is 0 Å². The van der Waals surface area contributed by atoms with Gasteiger partial charge >= 0.3 is 0 Å². The molecule has 0 aliphatic heterocycles. The minimum atomic E-state index is 0.522. The number of nitriles is 1. The maximum atomic E-state index is 9.13. The molecule has 1 N–H and O–H groups in total. The molecule has 4 nitrogen and oxygen atoms in total. The van der Waals surface area contributed by atoms with Crippen LogP contribution in [0.25, 0.3) is 0 Å². The fourth-order valence-corrected chi connectivity index (χ4v) is 2.18. The molecular weight excluding hydrogens is 316 g/mol. The summed E-state index contributed by atoms with van der Waals surface area (Å²) < 4.78 is 2.54. The lowest BCUT2D eigenvalue weighted by Gasteiger charge is -2.09. The predicted molar refractivity (Wildman–Crippen MR) is 75.1 cm³/mol. The second-order valence-electron chi connectivity index (χ2n) is 3.79. The average molecular weight is 326 g/mol. The molecule has 0 aliphatic carbocycles. The molecule has 0 atom stereocenters. The molecule has 92 valence electrons. The summed E-state index contributed by atoms with van der Waals surface area (Å²) in [6.07, 6.45) is 0. The van der Waals surface area contributed by atoms with E-state index in [-0.39, 0.29) is 0 Å². The summed E-state index contributed by atoms with van der Waals surface area (Å²) >= 11 is 9.49. The predicted octanol–water partition coefficient (Wildman–Crippen LogP) is 3.76. The molecule has 0 radical (unpaired) electrons. The molecule has 18 heavy (non-hydrogen) atoms. The Bertz CT molecular complexity index is 642. The van der Waals surface area contributed by atoms with Crippen LogP contribution in [-0.2, 0) is 7.05 Å². The number of hydrogen-bond acceptors (Lipinski definition) is 3. The Hall–Kier alpha value is -1.51. The molecule has 1 aromatic heterocycles. The zero-order valence-electron chi connectivity index (χ0n) is 9.83. The molecule has 0 saturated carbocycles. The maximum absolute atomic E-state index is 9.13. The Kier molecular flexibility index (Phi) is 3.60. The normalized spacial score (nSPS) is 10.2. The van der Waals surface area contributed by atoms with Crippen molar-refractivity contribution in [1.82, 2.24) is 9.78 Å². The number of nitrogens with one attached hydrogen (secondary N) is 1. The molecule has 1 heterocycles. The van der Waals surface area contributed by atoms with E-state index in [4.69, 9.17) is 16.9 Å². The minimum absolute atomic E-state index is 0.522. The maximum Gasteiger partial charge on any atom is 0.146 e. The molecule has 1 aromatic carbocycles. The summed E-state index contributed by atoms with van der Waals surface area (Å²) in [7, 11) is 1.78. The second kappa shape index (κ2) is 5.01. The Balaban J connectivity index is 2.46. The zero-order valence-corrected chi connectivity index (χ0v) is 12.2. The van der Waals surface area contributed by atoms with Gasteiger partial charge in [-0.2, -0.15) is 10.4 Å². The van der Waals surface area contributed by atoms with Gasteiger partial charge in [-0.3, -0.25) is 4.68 Å². The van der Waals surface area contributed by atoms with Crippen LogP contribution in [-0.4, -0.2) is 9.78 Å². The molecular formula is C12H10BrClN4. The summed E-state index contributed by atoms with van der Waals surface area (Å²) in [5, 5.41) is 17.1. The highest BCUT2D eigenvalue weighted by Crippen LogP contribution is 2.30. The van der Waals surface area contributed by atoms with Crippen molar-refractivity contribution in [3.05, 3.63) is 39.0 Å². The third kappa shape index (κ3) is 2.35. The lowest BCUT2D eigenvalue weighted by molar-refractivity contribution is 0.765. The Labute approximate surface area is 118 Å². The summed E-state index contributed by atoms with van der Waals surface area (Å²) in [5.41, 5.74) is 1.94. The fourth-order valence-electron chi connectivity index (χ4n) is 1.66. The van der Waals surface area contributed by atoms with Crippen molar-refractivity contribution < 1.29 is 0 Å². The highest BCUT2D eigenvalue weighted by Gasteiger charge is 2.14. The van der Waals surface area contributed by atoms with E-state index in [0.717, 1.165) is 10.2 Å². The van der Waals surface area contributed by atoms with Crippen LogP contribution in [0.3, 0.4) is 0 Å². The van der Waals surface area contributed by atoms with Crippen LogP contribution >= 0.6 is 27.5 Å². The molecule has 0 bridgehead atoms. The van der Waals surface area contributed by atoms with E-state index in [0.29, 0.717) is 22.1 Å². The molecule has 0 aliphatic rings. The van der Waals surface area contributed by atoms with E-state index < -0.39 is 0 Å². The number of hydrogen-bond donors (Lipinski definition) is 1. The van der Waals surface area contributed by atoms with Gasteiger partial charge in [0.15, 0.2) is 0 Å². The van der Waals surface area contributed by atoms with Gasteiger partial charge in [-0.15, -0.1) is 0 Å². The summed E-state index contributed by atoms with van der Waals surface area (Å²) in [4.78, 5) is 0. The molecule has 0 saturated heterocycles. The van der Waals surface area contributed by atoms with Gasteiger partial charge in [0.1, 0.15) is 17.5 Å². The van der Waals surface area contributed by atoms with Crippen molar-refractivity contribution in [3.8, 4) is 6.07 Å². The Morgan fingerprint density at radius 3 is 2.89 bits per heavy atom. The van der Waals surface area contributed by atoms with Gasteiger partial charge in [0, 0.05) is 11.5 Å². The first-order chi connectivity index (χ1) is 8.52. The topological polar surface area (TPSA) is 53.6 Å². The number of nitrogens with zero attached hydrogens (tertiary/aromatic N) is 3. The highest BCUT2D eigenvalue weighted by atomic mass is 79.9. The second-order valence-corrected chi connectivity index (χ2v) is 5.12. The van der Waals surface area contributed by atoms with Gasteiger partial charge in [0.25, 0.3) is 0 Å². The van der Waals surface area contributed by atoms with Crippen molar-refractivity contribution in [2.45, 2.75) is 6.92 Å². The number of benzene rings is 1. The first-order valence-corrected chi connectivity index (χ1v) is 6.35. The monoisotopic (exact) mass is 324 g/mol. The first-order valence-electron chi connectivity index (χ1n) is 5.18. The van der Waals surface area contributed by atoms with E-state index >= 15 is 0 Å². The average Bonchev–Trinajstić information content (AvgIpc) is 2.58. The first kappa shape index (κ1) is 12.9. The summed E-state index contributed by atoms with van der Waals surface area (Å²) in [6.45, 7) is 1.80. The standard InChI is InChI=1S/C12H10BrClN4/c1-7-9(6-15)12(18(2)17-7)16-11-5-8(13)3-4-10(11)14/h3-5,16H,1-2H3. The zero-order chi connectivity index (χ0) is 13.3. The van der Waals surface area contributed by atoms with Gasteiger partial charge < -0.3 is 5.32 Å². The largest absolute Gasteiger partial charge is 0.338 e. The van der Waals surface area contributed by atoms with Crippen molar-refractivity contribution in [3.63, 3.8) is 0 Å². The molecule has 6 heteroatoms. The van der Waals surface area contributed by atoms with Gasteiger partial charge in [-0.05, 0) is 25.1 Å². The van der Waals surface area contributed by atoms with E-state index in [2.05, 4.69) is 32.4 Å². The number of rotatable bonds is 2. The van der Waals surface area contributed by atoms with Gasteiger partial charge in [0.05, 0.1) is 16.4 Å². The van der Waals surface area contributed by atoms with Crippen LogP contribution in [0.1, 0.15) is 11.3 Å².